The first-order valence-corrected chi connectivity index (χ1v) is 9.06. The topological polar surface area (TPSA) is 66.9 Å². The van der Waals surface area contributed by atoms with Crippen LogP contribution in [0.4, 0.5) is 4.79 Å². The van der Waals surface area contributed by atoms with Crippen molar-refractivity contribution >= 4 is 6.03 Å². The van der Waals surface area contributed by atoms with Gasteiger partial charge in [0, 0.05) is 51.5 Å². The van der Waals surface area contributed by atoms with Crippen molar-refractivity contribution in [1.82, 2.24) is 20.1 Å². The molecule has 0 radical (unpaired) electrons. The summed E-state index contributed by atoms with van der Waals surface area (Å²) >= 11 is 0. The summed E-state index contributed by atoms with van der Waals surface area (Å²) in [5, 5.41) is 3.01. The van der Waals surface area contributed by atoms with E-state index in [0.717, 1.165) is 57.9 Å². The molecule has 2 amide bonds. The maximum atomic E-state index is 12.5. The summed E-state index contributed by atoms with van der Waals surface area (Å²) in [6, 6.07) is 3.75. The monoisotopic (exact) mass is 348 g/mol. The number of pyridine rings is 1. The number of carbonyl (C=O) groups is 1. The van der Waals surface area contributed by atoms with Crippen molar-refractivity contribution in [3.05, 3.63) is 23.9 Å². The number of morpholine rings is 1. The van der Waals surface area contributed by atoms with Gasteiger partial charge in [-0.05, 0) is 30.4 Å². The molecule has 3 heterocycles. The van der Waals surface area contributed by atoms with Crippen molar-refractivity contribution in [2.75, 3.05) is 53.0 Å². The number of carbonyl (C=O) groups excluding carboxylic acids is 1. The number of methoxy groups -OCH3 is 1. The molecule has 2 saturated heterocycles. The fourth-order valence-corrected chi connectivity index (χ4v) is 3.51. The number of nitrogens with zero attached hydrogens (tertiary/aromatic N) is 3. The fourth-order valence-electron chi connectivity index (χ4n) is 3.51. The number of rotatable bonds is 5. The van der Waals surface area contributed by atoms with Crippen LogP contribution in [0, 0.1) is 5.92 Å². The molecule has 1 aromatic heterocycles. The fraction of sp³-hybridized carbons (Fsp3) is 0.667. The van der Waals surface area contributed by atoms with Gasteiger partial charge in [0.25, 0.3) is 0 Å². The molecule has 7 nitrogen and oxygen atoms in total. The van der Waals surface area contributed by atoms with Crippen LogP contribution < -0.4 is 10.1 Å². The second-order valence-electron chi connectivity index (χ2n) is 6.73. The Morgan fingerprint density at radius 2 is 2.24 bits per heavy atom. The van der Waals surface area contributed by atoms with Crippen molar-refractivity contribution in [2.45, 2.75) is 19.4 Å². The van der Waals surface area contributed by atoms with E-state index in [9.17, 15) is 4.79 Å². The molecule has 7 heteroatoms. The Hall–Kier alpha value is -1.86. The lowest BCUT2D eigenvalue weighted by Crippen LogP contribution is -2.48. The van der Waals surface area contributed by atoms with Gasteiger partial charge >= 0.3 is 6.03 Å². The van der Waals surface area contributed by atoms with Gasteiger partial charge in [0.05, 0.1) is 20.3 Å². The molecule has 0 spiro atoms. The van der Waals surface area contributed by atoms with Crippen LogP contribution in [0.1, 0.15) is 18.4 Å². The van der Waals surface area contributed by atoms with E-state index in [-0.39, 0.29) is 6.03 Å². The predicted molar refractivity (Wildman–Crippen MR) is 94.6 cm³/mol. The van der Waals surface area contributed by atoms with E-state index >= 15 is 0 Å². The molecule has 25 heavy (non-hydrogen) atoms. The van der Waals surface area contributed by atoms with Gasteiger partial charge in [-0.1, -0.05) is 0 Å². The highest BCUT2D eigenvalue weighted by Crippen LogP contribution is 2.18. The third-order valence-electron chi connectivity index (χ3n) is 4.88. The molecule has 0 aromatic carbocycles. The van der Waals surface area contributed by atoms with Crippen molar-refractivity contribution in [1.29, 1.82) is 0 Å². The maximum absolute atomic E-state index is 12.5. The van der Waals surface area contributed by atoms with Crippen LogP contribution in [-0.2, 0) is 11.3 Å². The number of amides is 2. The zero-order valence-corrected chi connectivity index (χ0v) is 14.9. The molecule has 3 rings (SSSR count). The second-order valence-corrected chi connectivity index (χ2v) is 6.73. The molecule has 2 aliphatic rings. The highest BCUT2D eigenvalue weighted by atomic mass is 16.5. The molecule has 0 bridgehead atoms. The Bertz CT molecular complexity index is 563. The van der Waals surface area contributed by atoms with Crippen LogP contribution in [0.15, 0.2) is 18.3 Å². The predicted octanol–water partition coefficient (Wildman–Crippen LogP) is 1.34. The lowest BCUT2D eigenvalue weighted by Gasteiger charge is -2.36. The Morgan fingerprint density at radius 1 is 1.40 bits per heavy atom. The third-order valence-corrected chi connectivity index (χ3v) is 4.88. The smallest absolute Gasteiger partial charge is 0.317 e. The van der Waals surface area contributed by atoms with Crippen molar-refractivity contribution in [3.63, 3.8) is 0 Å². The van der Waals surface area contributed by atoms with Gasteiger partial charge in [-0.25, -0.2) is 9.78 Å². The van der Waals surface area contributed by atoms with Gasteiger partial charge in [0.1, 0.15) is 0 Å². The molecule has 1 N–H and O–H groups in total. The van der Waals surface area contributed by atoms with E-state index in [4.69, 9.17) is 9.47 Å². The zero-order chi connectivity index (χ0) is 17.5. The highest BCUT2D eigenvalue weighted by molar-refractivity contribution is 5.74. The molecular weight excluding hydrogens is 320 g/mol. The summed E-state index contributed by atoms with van der Waals surface area (Å²) in [4.78, 5) is 21.0. The lowest BCUT2D eigenvalue weighted by atomic mass is 9.97. The summed E-state index contributed by atoms with van der Waals surface area (Å²) in [5.74, 6) is 1.12. The first kappa shape index (κ1) is 17.9. The number of aromatic nitrogens is 1. The number of nitrogens with one attached hydrogen (secondary N) is 1. The molecule has 2 fully saturated rings. The largest absolute Gasteiger partial charge is 0.481 e. The zero-order valence-electron chi connectivity index (χ0n) is 14.9. The lowest BCUT2D eigenvalue weighted by molar-refractivity contribution is 0.0249. The van der Waals surface area contributed by atoms with Crippen LogP contribution >= 0.6 is 0 Å². The van der Waals surface area contributed by atoms with Gasteiger partial charge in [0.15, 0.2) is 0 Å². The minimum absolute atomic E-state index is 0.0162. The third kappa shape index (κ3) is 5.31. The van der Waals surface area contributed by atoms with Gasteiger partial charge in [-0.3, -0.25) is 4.90 Å². The van der Waals surface area contributed by atoms with Crippen molar-refractivity contribution in [2.24, 2.45) is 5.92 Å². The number of piperidine rings is 1. The number of ether oxygens (including phenoxy) is 2. The van der Waals surface area contributed by atoms with E-state index in [1.807, 2.05) is 17.0 Å². The maximum Gasteiger partial charge on any atom is 0.317 e. The molecule has 1 aromatic rings. The Labute approximate surface area is 149 Å². The van der Waals surface area contributed by atoms with Gasteiger partial charge in [-0.2, -0.15) is 0 Å². The van der Waals surface area contributed by atoms with Crippen molar-refractivity contribution in [3.8, 4) is 5.88 Å². The minimum Gasteiger partial charge on any atom is -0.481 e. The average Bonchev–Trinajstić information content (AvgIpc) is 2.67. The van der Waals surface area contributed by atoms with Gasteiger partial charge in [0.2, 0.25) is 5.88 Å². The van der Waals surface area contributed by atoms with Crippen LogP contribution in [0.3, 0.4) is 0 Å². The van der Waals surface area contributed by atoms with E-state index in [1.165, 1.54) is 6.42 Å². The van der Waals surface area contributed by atoms with E-state index < -0.39 is 0 Å². The van der Waals surface area contributed by atoms with Crippen LogP contribution in [0.25, 0.3) is 0 Å². The van der Waals surface area contributed by atoms with Crippen LogP contribution in [-0.4, -0.2) is 73.9 Å². The molecule has 138 valence electrons. The average molecular weight is 348 g/mol. The summed E-state index contributed by atoms with van der Waals surface area (Å²) < 4.78 is 10.5. The standard InChI is InChI=1S/C18H28N4O3/c1-24-17-11-15(4-5-19-17)12-20-18(23)22-6-2-3-16(14-22)13-21-7-9-25-10-8-21/h4-5,11,16H,2-3,6-10,12-14H2,1H3,(H,20,23)/t16-/m0/s1. The van der Waals surface area contributed by atoms with Crippen LogP contribution in [0.2, 0.25) is 0 Å². The Morgan fingerprint density at radius 3 is 3.04 bits per heavy atom. The number of likely N-dealkylation sites (tertiary alicyclic amines) is 1. The van der Waals surface area contributed by atoms with E-state index in [2.05, 4.69) is 15.2 Å². The van der Waals surface area contributed by atoms with Gasteiger partial charge in [-0.15, -0.1) is 0 Å². The Balaban J connectivity index is 1.46. The number of urea groups is 1. The SMILES string of the molecule is COc1cc(CNC(=O)N2CCC[C@@H](CN3CCOCC3)C2)ccn1. The normalized spacial score (nSPS) is 21.8. The first-order chi connectivity index (χ1) is 12.2. The summed E-state index contributed by atoms with van der Waals surface area (Å²) in [6.45, 7) is 6.89. The highest BCUT2D eigenvalue weighted by Gasteiger charge is 2.25. The van der Waals surface area contributed by atoms with Crippen molar-refractivity contribution < 1.29 is 14.3 Å². The summed E-state index contributed by atoms with van der Waals surface area (Å²) in [7, 11) is 1.59. The Kier molecular flexibility index (Phi) is 6.47. The van der Waals surface area contributed by atoms with Gasteiger partial charge < -0.3 is 19.7 Å². The minimum atomic E-state index is 0.0162. The molecule has 0 unspecified atom stereocenters. The molecule has 0 saturated carbocycles. The quantitative estimate of drug-likeness (QED) is 0.870. The molecule has 1 atom stereocenters. The summed E-state index contributed by atoms with van der Waals surface area (Å²) in [5.41, 5.74) is 0.988. The molecule has 2 aliphatic heterocycles. The number of hydrogen-bond donors (Lipinski definition) is 1. The first-order valence-electron chi connectivity index (χ1n) is 9.06. The van der Waals surface area contributed by atoms with E-state index in [1.54, 1.807) is 13.3 Å². The number of hydrogen-bond acceptors (Lipinski definition) is 5. The van der Waals surface area contributed by atoms with E-state index in [0.29, 0.717) is 18.3 Å². The van der Waals surface area contributed by atoms with Crippen LogP contribution in [0.5, 0.6) is 5.88 Å². The molecular formula is C18H28N4O3. The summed E-state index contributed by atoms with van der Waals surface area (Å²) in [6.07, 6.45) is 3.97. The second kappa shape index (κ2) is 9.01. The molecule has 0 aliphatic carbocycles.